The fourth-order valence-electron chi connectivity index (χ4n) is 3.33. The van der Waals surface area contributed by atoms with Crippen molar-refractivity contribution in [1.82, 2.24) is 4.90 Å². The molecule has 3 rings (SSSR count). The van der Waals surface area contributed by atoms with E-state index < -0.39 is 17.6 Å². The zero-order chi connectivity index (χ0) is 18.7. The molecule has 0 radical (unpaired) electrons. The number of alkyl halides is 3. The van der Waals surface area contributed by atoms with Gasteiger partial charge < -0.3 is 11.1 Å². The van der Waals surface area contributed by atoms with Gasteiger partial charge in [0.2, 0.25) is 5.91 Å². The van der Waals surface area contributed by atoms with E-state index in [1.165, 1.54) is 18.2 Å². The zero-order valence-electron chi connectivity index (χ0n) is 14.0. The number of anilines is 1. The number of hydrogen-bond acceptors (Lipinski definition) is 3. The van der Waals surface area contributed by atoms with E-state index in [2.05, 4.69) is 5.32 Å². The Morgan fingerprint density at radius 2 is 1.73 bits per heavy atom. The highest BCUT2D eigenvalue weighted by Gasteiger charge is 2.35. The first-order valence-corrected chi connectivity index (χ1v) is 8.33. The average Bonchev–Trinajstić information content (AvgIpc) is 2.95. The van der Waals surface area contributed by atoms with Crippen molar-refractivity contribution in [2.75, 3.05) is 25.0 Å². The van der Waals surface area contributed by atoms with E-state index in [0.29, 0.717) is 13.1 Å². The first kappa shape index (κ1) is 18.4. The number of halogens is 3. The minimum absolute atomic E-state index is 0.00320. The summed E-state index contributed by atoms with van der Waals surface area (Å²) >= 11 is 0. The van der Waals surface area contributed by atoms with Gasteiger partial charge in [0.15, 0.2) is 0 Å². The number of likely N-dealkylation sites (tertiary alicyclic amines) is 1. The molecule has 1 aliphatic heterocycles. The van der Waals surface area contributed by atoms with E-state index in [9.17, 15) is 18.0 Å². The highest BCUT2D eigenvalue weighted by Crippen LogP contribution is 2.34. The SMILES string of the molecule is N[C@@H]1CN(CC(=O)Nc2ccccc2C(F)(F)F)C[C@H]1c1ccccc1. The first-order valence-electron chi connectivity index (χ1n) is 8.33. The molecule has 1 aliphatic rings. The number of nitrogens with two attached hydrogens (primary N) is 1. The summed E-state index contributed by atoms with van der Waals surface area (Å²) in [5.41, 5.74) is 6.21. The molecular formula is C19H20F3N3O. The third kappa shape index (κ3) is 4.23. The quantitative estimate of drug-likeness (QED) is 0.878. The van der Waals surface area contributed by atoms with Crippen LogP contribution < -0.4 is 11.1 Å². The monoisotopic (exact) mass is 363 g/mol. The van der Waals surface area contributed by atoms with Crippen LogP contribution in [0, 0.1) is 0 Å². The number of nitrogens with zero attached hydrogens (tertiary/aromatic N) is 1. The lowest BCUT2D eigenvalue weighted by Crippen LogP contribution is -2.34. The number of benzene rings is 2. The Labute approximate surface area is 149 Å². The van der Waals surface area contributed by atoms with E-state index in [4.69, 9.17) is 5.73 Å². The van der Waals surface area contributed by atoms with Crippen molar-refractivity contribution in [3.63, 3.8) is 0 Å². The lowest BCUT2D eigenvalue weighted by molar-refractivity contribution is -0.137. The van der Waals surface area contributed by atoms with E-state index in [1.807, 2.05) is 35.2 Å². The predicted molar refractivity (Wildman–Crippen MR) is 93.7 cm³/mol. The molecule has 1 amide bonds. The Hall–Kier alpha value is -2.38. The minimum atomic E-state index is -4.52. The van der Waals surface area contributed by atoms with Crippen LogP contribution in [-0.2, 0) is 11.0 Å². The average molecular weight is 363 g/mol. The normalized spacial score (nSPS) is 20.9. The number of hydrogen-bond donors (Lipinski definition) is 2. The van der Waals surface area contributed by atoms with Gasteiger partial charge in [0.05, 0.1) is 17.8 Å². The van der Waals surface area contributed by atoms with E-state index in [-0.39, 0.29) is 24.2 Å². The molecule has 1 saturated heterocycles. The summed E-state index contributed by atoms with van der Waals surface area (Å²) in [6.07, 6.45) is -4.52. The third-order valence-corrected chi connectivity index (χ3v) is 4.54. The largest absolute Gasteiger partial charge is 0.418 e. The number of para-hydroxylation sites is 1. The van der Waals surface area contributed by atoms with Gasteiger partial charge >= 0.3 is 6.18 Å². The van der Waals surface area contributed by atoms with Crippen LogP contribution in [0.4, 0.5) is 18.9 Å². The number of nitrogens with one attached hydrogen (secondary N) is 1. The van der Waals surface area contributed by atoms with Gasteiger partial charge in [0, 0.05) is 25.0 Å². The zero-order valence-corrected chi connectivity index (χ0v) is 14.0. The van der Waals surface area contributed by atoms with Crippen molar-refractivity contribution in [2.45, 2.75) is 18.1 Å². The second-order valence-electron chi connectivity index (χ2n) is 6.47. The van der Waals surface area contributed by atoms with Gasteiger partial charge in [-0.05, 0) is 17.7 Å². The van der Waals surface area contributed by atoms with Crippen LogP contribution >= 0.6 is 0 Å². The molecule has 2 atom stereocenters. The molecule has 7 heteroatoms. The second-order valence-corrected chi connectivity index (χ2v) is 6.47. The summed E-state index contributed by atoms with van der Waals surface area (Å²) in [6, 6.07) is 14.6. The number of amides is 1. The smallest absolute Gasteiger partial charge is 0.326 e. The Balaban J connectivity index is 1.63. The molecule has 2 aromatic carbocycles. The molecule has 0 unspecified atom stereocenters. The molecular weight excluding hydrogens is 343 g/mol. The standard InChI is InChI=1S/C19H20F3N3O/c20-19(21,22)15-8-4-5-9-17(15)24-18(26)12-25-10-14(16(23)11-25)13-6-2-1-3-7-13/h1-9,14,16H,10-12,23H2,(H,24,26)/t14-,16+/m0/s1. The van der Waals surface area contributed by atoms with Crippen molar-refractivity contribution < 1.29 is 18.0 Å². The topological polar surface area (TPSA) is 58.4 Å². The number of rotatable bonds is 4. The molecule has 4 nitrogen and oxygen atoms in total. The van der Waals surface area contributed by atoms with Crippen LogP contribution in [0.5, 0.6) is 0 Å². The summed E-state index contributed by atoms with van der Waals surface area (Å²) < 4.78 is 39.0. The molecule has 1 fully saturated rings. The summed E-state index contributed by atoms with van der Waals surface area (Å²) in [5.74, 6) is -0.380. The van der Waals surface area contributed by atoms with E-state index in [1.54, 1.807) is 0 Å². The van der Waals surface area contributed by atoms with Gasteiger partial charge in [-0.3, -0.25) is 9.69 Å². The van der Waals surface area contributed by atoms with Gasteiger partial charge in [-0.1, -0.05) is 42.5 Å². The maximum atomic E-state index is 13.0. The summed E-state index contributed by atoms with van der Waals surface area (Å²) in [4.78, 5) is 14.1. The number of carbonyl (C=O) groups is 1. The molecule has 1 heterocycles. The molecule has 0 bridgehead atoms. The minimum Gasteiger partial charge on any atom is -0.326 e. The molecule has 2 aromatic rings. The Morgan fingerprint density at radius 1 is 1.08 bits per heavy atom. The molecule has 138 valence electrons. The Morgan fingerprint density at radius 3 is 2.42 bits per heavy atom. The maximum Gasteiger partial charge on any atom is 0.418 e. The van der Waals surface area contributed by atoms with Crippen molar-refractivity contribution in [1.29, 1.82) is 0 Å². The second kappa shape index (κ2) is 7.47. The van der Waals surface area contributed by atoms with Crippen LogP contribution in [0.2, 0.25) is 0 Å². The van der Waals surface area contributed by atoms with Gasteiger partial charge in [-0.2, -0.15) is 13.2 Å². The van der Waals surface area contributed by atoms with Crippen molar-refractivity contribution in [2.24, 2.45) is 5.73 Å². The third-order valence-electron chi connectivity index (χ3n) is 4.54. The lowest BCUT2D eigenvalue weighted by Gasteiger charge is -2.17. The summed E-state index contributed by atoms with van der Waals surface area (Å²) in [5, 5.41) is 2.37. The number of carbonyl (C=O) groups excluding carboxylic acids is 1. The predicted octanol–water partition coefficient (Wildman–Crippen LogP) is 3.07. The highest BCUT2D eigenvalue weighted by molar-refractivity contribution is 5.93. The van der Waals surface area contributed by atoms with Crippen molar-refractivity contribution >= 4 is 11.6 Å². The fourth-order valence-corrected chi connectivity index (χ4v) is 3.33. The van der Waals surface area contributed by atoms with Gasteiger partial charge in [-0.15, -0.1) is 0 Å². The Kier molecular flexibility index (Phi) is 5.29. The summed E-state index contributed by atoms with van der Waals surface area (Å²) in [6.45, 7) is 1.12. The van der Waals surface area contributed by atoms with Crippen LogP contribution in [0.15, 0.2) is 54.6 Å². The van der Waals surface area contributed by atoms with Crippen LogP contribution in [0.25, 0.3) is 0 Å². The summed E-state index contributed by atoms with van der Waals surface area (Å²) in [7, 11) is 0. The van der Waals surface area contributed by atoms with Crippen molar-refractivity contribution in [3.05, 3.63) is 65.7 Å². The maximum absolute atomic E-state index is 13.0. The van der Waals surface area contributed by atoms with Crippen LogP contribution in [0.3, 0.4) is 0 Å². The van der Waals surface area contributed by atoms with Gasteiger partial charge in [0.25, 0.3) is 0 Å². The molecule has 26 heavy (non-hydrogen) atoms. The van der Waals surface area contributed by atoms with Crippen molar-refractivity contribution in [3.8, 4) is 0 Å². The molecule has 0 aliphatic carbocycles. The van der Waals surface area contributed by atoms with E-state index >= 15 is 0 Å². The highest BCUT2D eigenvalue weighted by atomic mass is 19.4. The molecule has 0 spiro atoms. The van der Waals surface area contributed by atoms with Crippen LogP contribution in [0.1, 0.15) is 17.0 Å². The molecule has 3 N–H and O–H groups in total. The van der Waals surface area contributed by atoms with Gasteiger partial charge in [0.1, 0.15) is 0 Å². The Bertz CT molecular complexity index is 764. The molecule has 0 saturated carbocycles. The lowest BCUT2D eigenvalue weighted by atomic mass is 9.95. The van der Waals surface area contributed by atoms with Crippen LogP contribution in [-0.4, -0.2) is 36.5 Å². The van der Waals surface area contributed by atoms with Gasteiger partial charge in [-0.25, -0.2) is 0 Å². The fraction of sp³-hybridized carbons (Fsp3) is 0.316. The molecule has 0 aromatic heterocycles. The van der Waals surface area contributed by atoms with E-state index in [0.717, 1.165) is 11.6 Å². The first-order chi connectivity index (χ1) is 12.3.